The van der Waals surface area contributed by atoms with Crippen molar-refractivity contribution in [3.8, 4) is 11.1 Å². The highest BCUT2D eigenvalue weighted by Gasteiger charge is 2.25. The van der Waals surface area contributed by atoms with Crippen molar-refractivity contribution < 1.29 is 19.5 Å². The van der Waals surface area contributed by atoms with Gasteiger partial charge in [0.2, 0.25) is 5.91 Å². The van der Waals surface area contributed by atoms with Crippen molar-refractivity contribution in [2.75, 3.05) is 0 Å². The number of hydrogen-bond acceptors (Lipinski definition) is 5. The first-order valence-corrected chi connectivity index (χ1v) is 9.73. The van der Waals surface area contributed by atoms with E-state index in [4.69, 9.17) is 0 Å². The van der Waals surface area contributed by atoms with E-state index in [2.05, 4.69) is 26.0 Å². The van der Waals surface area contributed by atoms with Gasteiger partial charge in [0.1, 0.15) is 6.04 Å². The number of aromatic amines is 1. The van der Waals surface area contributed by atoms with Gasteiger partial charge in [-0.1, -0.05) is 54.6 Å². The van der Waals surface area contributed by atoms with E-state index < -0.39 is 29.9 Å². The molecule has 0 saturated heterocycles. The molecule has 2 aromatic carbocycles. The number of amides is 2. The van der Waals surface area contributed by atoms with Crippen molar-refractivity contribution in [2.24, 2.45) is 0 Å². The SMILES string of the molecule is CC(=O)NC(CC(Cc1ccc(-c2ccccc2)cc1)NC(=O)c1cn[nH]n1)C(=O)O. The second kappa shape index (κ2) is 10.1. The zero-order valence-corrected chi connectivity index (χ0v) is 16.9. The van der Waals surface area contributed by atoms with E-state index in [0.717, 1.165) is 16.7 Å². The van der Waals surface area contributed by atoms with Crippen LogP contribution in [0, 0.1) is 0 Å². The van der Waals surface area contributed by atoms with Gasteiger partial charge in [-0.15, -0.1) is 0 Å². The number of aliphatic carboxylic acids is 1. The molecule has 3 aromatic rings. The van der Waals surface area contributed by atoms with Crippen LogP contribution in [-0.4, -0.2) is 50.4 Å². The van der Waals surface area contributed by atoms with Crippen molar-refractivity contribution in [1.82, 2.24) is 26.0 Å². The standard InChI is InChI=1S/C22H23N5O4/c1-14(28)24-19(22(30)31)12-18(25-21(29)20-13-23-27-26-20)11-15-7-9-17(10-8-15)16-5-3-2-4-6-16/h2-10,13,18-19H,11-12H2,1H3,(H,24,28)(H,25,29)(H,30,31)(H,23,26,27). The van der Waals surface area contributed by atoms with Crippen molar-refractivity contribution in [2.45, 2.75) is 31.8 Å². The highest BCUT2D eigenvalue weighted by molar-refractivity contribution is 5.92. The maximum atomic E-state index is 12.5. The molecule has 9 heteroatoms. The number of carboxylic acid groups (broad SMARTS) is 1. The summed E-state index contributed by atoms with van der Waals surface area (Å²) in [7, 11) is 0. The molecule has 160 valence electrons. The Labute approximate surface area is 178 Å². The van der Waals surface area contributed by atoms with Crippen LogP contribution in [0.3, 0.4) is 0 Å². The molecule has 3 rings (SSSR count). The van der Waals surface area contributed by atoms with Gasteiger partial charge in [0.25, 0.3) is 5.91 Å². The largest absolute Gasteiger partial charge is 0.480 e. The summed E-state index contributed by atoms with van der Waals surface area (Å²) in [6, 6.07) is 16.0. The van der Waals surface area contributed by atoms with Crippen LogP contribution in [0.4, 0.5) is 0 Å². The van der Waals surface area contributed by atoms with E-state index in [1.807, 2.05) is 54.6 Å². The Morgan fingerprint density at radius 2 is 1.68 bits per heavy atom. The van der Waals surface area contributed by atoms with Crippen molar-refractivity contribution in [3.05, 3.63) is 72.1 Å². The number of aromatic nitrogens is 3. The quantitative estimate of drug-likeness (QED) is 0.416. The molecule has 2 atom stereocenters. The average molecular weight is 421 g/mol. The summed E-state index contributed by atoms with van der Waals surface area (Å²) in [5.74, 6) is -2.11. The summed E-state index contributed by atoms with van der Waals surface area (Å²) in [6.45, 7) is 1.25. The van der Waals surface area contributed by atoms with Crippen molar-refractivity contribution in [1.29, 1.82) is 0 Å². The van der Waals surface area contributed by atoms with Gasteiger partial charge in [-0.3, -0.25) is 9.59 Å². The van der Waals surface area contributed by atoms with E-state index in [1.54, 1.807) is 0 Å². The van der Waals surface area contributed by atoms with E-state index >= 15 is 0 Å². The predicted octanol–water partition coefficient (Wildman–Crippen LogP) is 1.79. The van der Waals surface area contributed by atoms with E-state index in [9.17, 15) is 19.5 Å². The third kappa shape index (κ3) is 6.23. The fraction of sp³-hybridized carbons (Fsp3) is 0.227. The molecule has 31 heavy (non-hydrogen) atoms. The number of hydrogen-bond donors (Lipinski definition) is 4. The van der Waals surface area contributed by atoms with Crippen LogP contribution in [-0.2, 0) is 16.0 Å². The number of carbonyl (C=O) groups excluding carboxylic acids is 2. The minimum atomic E-state index is -1.17. The van der Waals surface area contributed by atoms with Crippen LogP contribution in [0.5, 0.6) is 0 Å². The lowest BCUT2D eigenvalue weighted by Crippen LogP contribution is -2.47. The molecule has 4 N–H and O–H groups in total. The Balaban J connectivity index is 1.77. The van der Waals surface area contributed by atoms with E-state index in [0.29, 0.717) is 6.42 Å². The Morgan fingerprint density at radius 3 is 2.26 bits per heavy atom. The van der Waals surface area contributed by atoms with Crippen LogP contribution in [0.15, 0.2) is 60.8 Å². The zero-order chi connectivity index (χ0) is 22.2. The molecule has 1 aromatic heterocycles. The minimum absolute atomic E-state index is 0.0128. The van der Waals surface area contributed by atoms with Crippen LogP contribution in [0.2, 0.25) is 0 Å². The summed E-state index contributed by atoms with van der Waals surface area (Å²) in [4.78, 5) is 35.4. The Morgan fingerprint density at radius 1 is 1.00 bits per heavy atom. The second-order valence-electron chi connectivity index (χ2n) is 7.12. The Kier molecular flexibility index (Phi) is 7.10. The monoisotopic (exact) mass is 421 g/mol. The number of benzene rings is 2. The summed E-state index contributed by atoms with van der Waals surface area (Å²) in [5.41, 5.74) is 3.14. The van der Waals surface area contributed by atoms with Gasteiger partial charge in [-0.25, -0.2) is 4.79 Å². The van der Waals surface area contributed by atoms with Crippen molar-refractivity contribution in [3.63, 3.8) is 0 Å². The third-order valence-corrected chi connectivity index (χ3v) is 4.72. The second-order valence-corrected chi connectivity index (χ2v) is 7.12. The minimum Gasteiger partial charge on any atom is -0.480 e. The molecule has 2 unspecified atom stereocenters. The molecule has 0 bridgehead atoms. The number of carboxylic acids is 1. The van der Waals surface area contributed by atoms with Gasteiger partial charge in [-0.2, -0.15) is 15.4 Å². The molecule has 9 nitrogen and oxygen atoms in total. The smallest absolute Gasteiger partial charge is 0.326 e. The first-order valence-electron chi connectivity index (χ1n) is 9.73. The van der Waals surface area contributed by atoms with Gasteiger partial charge in [0.15, 0.2) is 5.69 Å². The molecule has 1 heterocycles. The first kappa shape index (κ1) is 21.7. The van der Waals surface area contributed by atoms with Crippen LogP contribution >= 0.6 is 0 Å². The Hall–Kier alpha value is -4.01. The summed E-state index contributed by atoms with van der Waals surface area (Å²) < 4.78 is 0. The summed E-state index contributed by atoms with van der Waals surface area (Å²) in [5, 5.41) is 24.4. The maximum absolute atomic E-state index is 12.5. The van der Waals surface area contributed by atoms with Crippen LogP contribution < -0.4 is 10.6 Å². The Bertz CT molecular complexity index is 1020. The highest BCUT2D eigenvalue weighted by Crippen LogP contribution is 2.20. The van der Waals surface area contributed by atoms with Crippen LogP contribution in [0.1, 0.15) is 29.4 Å². The number of H-pyrrole nitrogens is 1. The topological polar surface area (TPSA) is 137 Å². The molecule has 0 aliphatic heterocycles. The molecule has 0 aliphatic rings. The van der Waals surface area contributed by atoms with Gasteiger partial charge >= 0.3 is 5.97 Å². The van der Waals surface area contributed by atoms with Crippen LogP contribution in [0.25, 0.3) is 11.1 Å². The van der Waals surface area contributed by atoms with Gasteiger partial charge < -0.3 is 15.7 Å². The molecule has 0 fully saturated rings. The number of rotatable bonds is 9. The lowest BCUT2D eigenvalue weighted by Gasteiger charge is -2.23. The predicted molar refractivity (Wildman–Crippen MR) is 113 cm³/mol. The molecular formula is C22H23N5O4. The van der Waals surface area contributed by atoms with Gasteiger partial charge in [0, 0.05) is 13.0 Å². The molecule has 2 amide bonds. The van der Waals surface area contributed by atoms with Crippen molar-refractivity contribution >= 4 is 17.8 Å². The molecule has 0 radical (unpaired) electrons. The van der Waals surface area contributed by atoms with E-state index in [1.165, 1.54) is 13.1 Å². The van der Waals surface area contributed by atoms with E-state index in [-0.39, 0.29) is 12.1 Å². The number of nitrogens with zero attached hydrogens (tertiary/aromatic N) is 2. The average Bonchev–Trinajstić information content (AvgIpc) is 3.29. The maximum Gasteiger partial charge on any atom is 0.326 e. The number of nitrogens with one attached hydrogen (secondary N) is 3. The fourth-order valence-electron chi connectivity index (χ4n) is 3.26. The normalized spacial score (nSPS) is 12.5. The van der Waals surface area contributed by atoms with Gasteiger partial charge in [0.05, 0.1) is 6.20 Å². The summed E-state index contributed by atoms with van der Waals surface area (Å²) >= 11 is 0. The molecule has 0 saturated carbocycles. The summed E-state index contributed by atoms with van der Waals surface area (Å²) in [6.07, 6.45) is 1.67. The zero-order valence-electron chi connectivity index (χ0n) is 16.9. The molecule has 0 spiro atoms. The van der Waals surface area contributed by atoms with Gasteiger partial charge in [-0.05, 0) is 29.5 Å². The fourth-order valence-corrected chi connectivity index (χ4v) is 3.26. The number of carbonyl (C=O) groups is 3. The third-order valence-electron chi connectivity index (χ3n) is 4.72. The molecular weight excluding hydrogens is 398 g/mol. The highest BCUT2D eigenvalue weighted by atomic mass is 16.4. The lowest BCUT2D eigenvalue weighted by molar-refractivity contribution is -0.141. The molecule has 0 aliphatic carbocycles. The lowest BCUT2D eigenvalue weighted by atomic mass is 9.97. The first-order chi connectivity index (χ1) is 14.9.